The van der Waals surface area contributed by atoms with Gasteiger partial charge in [-0.15, -0.1) is 0 Å². The summed E-state index contributed by atoms with van der Waals surface area (Å²) in [5.41, 5.74) is 2.28. The van der Waals surface area contributed by atoms with Crippen molar-refractivity contribution in [2.45, 2.75) is 24.9 Å². The maximum absolute atomic E-state index is 12.4. The Labute approximate surface area is 124 Å². The number of hydrogen-bond donors (Lipinski definition) is 2. The number of hydrogen-bond acceptors (Lipinski definition) is 5. The highest BCUT2D eigenvalue weighted by Gasteiger charge is 2.18. The SMILES string of the molecule is CNCc1cccc(S(=O)(=O)NCc2cccnn2)c1C. The quantitative estimate of drug-likeness (QED) is 0.831. The van der Waals surface area contributed by atoms with Gasteiger partial charge in [0.25, 0.3) is 0 Å². The minimum absolute atomic E-state index is 0.117. The van der Waals surface area contributed by atoms with Gasteiger partial charge in [-0.25, -0.2) is 13.1 Å². The largest absolute Gasteiger partial charge is 0.316 e. The van der Waals surface area contributed by atoms with Crippen molar-refractivity contribution in [2.75, 3.05) is 7.05 Å². The second-order valence-corrected chi connectivity index (χ2v) is 6.35. The van der Waals surface area contributed by atoms with Crippen molar-refractivity contribution in [1.82, 2.24) is 20.2 Å². The molecule has 0 radical (unpaired) electrons. The summed E-state index contributed by atoms with van der Waals surface area (Å²) in [6.45, 7) is 2.55. The molecule has 0 aliphatic rings. The minimum Gasteiger partial charge on any atom is -0.316 e. The zero-order valence-corrected chi connectivity index (χ0v) is 12.8. The number of rotatable bonds is 6. The van der Waals surface area contributed by atoms with Gasteiger partial charge >= 0.3 is 0 Å². The van der Waals surface area contributed by atoms with Crippen LogP contribution in [0, 0.1) is 6.92 Å². The molecule has 0 aliphatic carbocycles. The first-order valence-corrected chi connectivity index (χ1v) is 8.02. The number of benzene rings is 1. The predicted molar refractivity (Wildman–Crippen MR) is 80.0 cm³/mol. The summed E-state index contributed by atoms with van der Waals surface area (Å²) in [6, 6.07) is 8.70. The summed E-state index contributed by atoms with van der Waals surface area (Å²) >= 11 is 0. The lowest BCUT2D eigenvalue weighted by molar-refractivity contribution is 0.579. The lowest BCUT2D eigenvalue weighted by Gasteiger charge is -2.12. The first-order valence-electron chi connectivity index (χ1n) is 6.54. The first kappa shape index (κ1) is 15.6. The molecule has 0 saturated carbocycles. The standard InChI is InChI=1S/C14H18N4O2S/c1-11-12(9-15-2)5-3-7-14(11)21(19,20)17-10-13-6-4-8-16-18-13/h3-8,15,17H,9-10H2,1-2H3. The number of sulfonamides is 1. The summed E-state index contributed by atoms with van der Waals surface area (Å²) in [7, 11) is -1.75. The monoisotopic (exact) mass is 306 g/mol. The number of nitrogens with one attached hydrogen (secondary N) is 2. The van der Waals surface area contributed by atoms with Gasteiger partial charge in [0, 0.05) is 12.7 Å². The Balaban J connectivity index is 2.22. The molecule has 0 unspecified atom stereocenters. The molecule has 2 aromatic rings. The van der Waals surface area contributed by atoms with E-state index in [0.717, 1.165) is 11.1 Å². The van der Waals surface area contributed by atoms with E-state index in [4.69, 9.17) is 0 Å². The van der Waals surface area contributed by atoms with Crippen molar-refractivity contribution in [3.05, 3.63) is 53.3 Å². The Morgan fingerprint density at radius 1 is 1.14 bits per heavy atom. The molecule has 0 saturated heterocycles. The molecule has 0 atom stereocenters. The Bertz CT molecular complexity index is 702. The molecule has 2 rings (SSSR count). The van der Waals surface area contributed by atoms with E-state index in [2.05, 4.69) is 20.2 Å². The van der Waals surface area contributed by atoms with Crippen LogP contribution in [0.5, 0.6) is 0 Å². The van der Waals surface area contributed by atoms with E-state index in [0.29, 0.717) is 17.1 Å². The van der Waals surface area contributed by atoms with Crippen LogP contribution in [0.1, 0.15) is 16.8 Å². The summed E-state index contributed by atoms with van der Waals surface area (Å²) in [4.78, 5) is 0.291. The van der Waals surface area contributed by atoms with Crippen LogP contribution < -0.4 is 10.0 Å². The van der Waals surface area contributed by atoms with Gasteiger partial charge in [-0.3, -0.25) is 0 Å². The van der Waals surface area contributed by atoms with E-state index in [-0.39, 0.29) is 6.54 Å². The van der Waals surface area contributed by atoms with Crippen molar-refractivity contribution in [1.29, 1.82) is 0 Å². The van der Waals surface area contributed by atoms with Gasteiger partial charge in [-0.2, -0.15) is 10.2 Å². The maximum atomic E-state index is 12.4. The van der Waals surface area contributed by atoms with Crippen molar-refractivity contribution in [3.8, 4) is 0 Å². The average Bonchev–Trinajstić information content (AvgIpc) is 2.48. The normalized spacial score (nSPS) is 11.5. The van der Waals surface area contributed by atoms with Crippen LogP contribution in [0.3, 0.4) is 0 Å². The smallest absolute Gasteiger partial charge is 0.241 e. The van der Waals surface area contributed by atoms with Gasteiger partial charge in [-0.1, -0.05) is 12.1 Å². The summed E-state index contributed by atoms with van der Waals surface area (Å²) in [5.74, 6) is 0. The number of aromatic nitrogens is 2. The van der Waals surface area contributed by atoms with Gasteiger partial charge in [0.2, 0.25) is 10.0 Å². The fourth-order valence-electron chi connectivity index (χ4n) is 2.01. The van der Waals surface area contributed by atoms with Gasteiger partial charge in [0.05, 0.1) is 17.1 Å². The average molecular weight is 306 g/mol. The summed E-state index contributed by atoms with van der Waals surface area (Å²) in [6.07, 6.45) is 1.55. The van der Waals surface area contributed by atoms with Gasteiger partial charge in [0.1, 0.15) is 0 Å². The highest BCUT2D eigenvalue weighted by molar-refractivity contribution is 7.89. The Kier molecular flexibility index (Phi) is 5.00. The van der Waals surface area contributed by atoms with Crippen LogP contribution in [0.2, 0.25) is 0 Å². The third kappa shape index (κ3) is 3.84. The number of nitrogens with zero attached hydrogens (tertiary/aromatic N) is 2. The lowest BCUT2D eigenvalue weighted by atomic mass is 10.1. The Hall–Kier alpha value is -1.83. The topological polar surface area (TPSA) is 84.0 Å². The molecule has 2 N–H and O–H groups in total. The molecular weight excluding hydrogens is 288 g/mol. The van der Waals surface area contributed by atoms with E-state index >= 15 is 0 Å². The zero-order valence-electron chi connectivity index (χ0n) is 12.0. The molecule has 21 heavy (non-hydrogen) atoms. The molecule has 0 aliphatic heterocycles. The third-order valence-electron chi connectivity index (χ3n) is 3.12. The maximum Gasteiger partial charge on any atom is 0.241 e. The molecule has 0 amide bonds. The first-order chi connectivity index (χ1) is 10.0. The Morgan fingerprint density at radius 2 is 1.95 bits per heavy atom. The summed E-state index contributed by atoms with van der Waals surface area (Å²) in [5, 5.41) is 10.6. The molecular formula is C14H18N4O2S. The van der Waals surface area contributed by atoms with Gasteiger partial charge in [-0.05, 0) is 43.3 Å². The molecule has 0 bridgehead atoms. The zero-order chi connectivity index (χ0) is 15.3. The van der Waals surface area contributed by atoms with E-state index < -0.39 is 10.0 Å². The third-order valence-corrected chi connectivity index (χ3v) is 4.67. The highest BCUT2D eigenvalue weighted by atomic mass is 32.2. The van der Waals surface area contributed by atoms with E-state index in [9.17, 15) is 8.42 Å². The highest BCUT2D eigenvalue weighted by Crippen LogP contribution is 2.19. The van der Waals surface area contributed by atoms with Crippen molar-refractivity contribution >= 4 is 10.0 Å². The molecule has 0 fully saturated rings. The molecule has 1 aromatic carbocycles. The predicted octanol–water partition coefficient (Wildman–Crippen LogP) is 0.983. The van der Waals surface area contributed by atoms with E-state index in [1.54, 1.807) is 30.5 Å². The minimum atomic E-state index is -3.58. The van der Waals surface area contributed by atoms with Crippen LogP contribution in [0.4, 0.5) is 0 Å². The van der Waals surface area contributed by atoms with Crippen LogP contribution in [-0.2, 0) is 23.1 Å². The molecule has 112 valence electrons. The molecule has 1 aromatic heterocycles. The second-order valence-electron chi connectivity index (χ2n) is 4.61. The molecule has 1 heterocycles. The van der Waals surface area contributed by atoms with Crippen molar-refractivity contribution in [3.63, 3.8) is 0 Å². The van der Waals surface area contributed by atoms with Crippen LogP contribution >= 0.6 is 0 Å². The molecule has 7 heteroatoms. The lowest BCUT2D eigenvalue weighted by Crippen LogP contribution is -2.25. The van der Waals surface area contributed by atoms with Crippen LogP contribution in [-0.4, -0.2) is 25.7 Å². The fraction of sp³-hybridized carbons (Fsp3) is 0.286. The van der Waals surface area contributed by atoms with E-state index in [1.165, 1.54) is 0 Å². The van der Waals surface area contributed by atoms with Crippen LogP contribution in [0.25, 0.3) is 0 Å². The summed E-state index contributed by atoms with van der Waals surface area (Å²) < 4.78 is 27.4. The van der Waals surface area contributed by atoms with Gasteiger partial charge in [0.15, 0.2) is 0 Å². The van der Waals surface area contributed by atoms with Crippen LogP contribution in [0.15, 0.2) is 41.4 Å². The fourth-order valence-corrected chi connectivity index (χ4v) is 3.29. The van der Waals surface area contributed by atoms with Crippen molar-refractivity contribution < 1.29 is 8.42 Å². The van der Waals surface area contributed by atoms with Gasteiger partial charge < -0.3 is 5.32 Å². The van der Waals surface area contributed by atoms with Crippen molar-refractivity contribution in [2.24, 2.45) is 0 Å². The molecule has 0 spiro atoms. The molecule has 6 nitrogen and oxygen atoms in total. The second kappa shape index (κ2) is 6.75. The Morgan fingerprint density at radius 3 is 2.62 bits per heavy atom. The van der Waals surface area contributed by atoms with E-state index in [1.807, 2.05) is 20.0 Å².